The fraction of sp³-hybridized carbons (Fsp3) is 0.867. The van der Waals surface area contributed by atoms with Gasteiger partial charge in [0.1, 0.15) is 12.9 Å². The van der Waals surface area contributed by atoms with E-state index >= 15 is 0 Å². The van der Waals surface area contributed by atoms with Crippen molar-refractivity contribution in [1.82, 2.24) is 0 Å². The maximum Gasteiger partial charge on any atom is 0.305 e. The van der Waals surface area contributed by atoms with Crippen LogP contribution < -0.4 is 0 Å². The third kappa shape index (κ3) is 15.0. The number of hydrogen-bond donors (Lipinski definition) is 1. The second kappa shape index (κ2) is 15.2. The number of carbonyl (C=O) groups excluding carboxylic acids is 2. The molecule has 4 nitrogen and oxygen atoms in total. The molecule has 4 heteroatoms. The fourth-order valence-corrected chi connectivity index (χ4v) is 1.97. The van der Waals surface area contributed by atoms with Crippen LogP contribution in [0.3, 0.4) is 0 Å². The van der Waals surface area contributed by atoms with Crippen molar-refractivity contribution in [2.75, 3.05) is 13.2 Å². The topological polar surface area (TPSA) is 63.6 Å². The summed E-state index contributed by atoms with van der Waals surface area (Å²) in [4.78, 5) is 21.2. The first-order chi connectivity index (χ1) is 9.31. The standard InChI is InChI=1S/C15H28O4/c16-12-10-8-6-4-2-1-3-5-7-9-11-15(18)19-14-13-17/h12,17H,1-11,13-14H2. The Kier molecular flexibility index (Phi) is 14.4. The minimum absolute atomic E-state index is 0.0986. The van der Waals surface area contributed by atoms with Crippen molar-refractivity contribution >= 4 is 12.3 Å². The molecule has 0 aliphatic heterocycles. The van der Waals surface area contributed by atoms with Gasteiger partial charge < -0.3 is 14.6 Å². The molecule has 0 fully saturated rings. The number of ether oxygens (including phenoxy) is 1. The molecule has 0 radical (unpaired) electrons. The van der Waals surface area contributed by atoms with Crippen LogP contribution in [0.25, 0.3) is 0 Å². The number of esters is 1. The highest BCUT2D eigenvalue weighted by Gasteiger charge is 2.01. The summed E-state index contributed by atoms with van der Waals surface area (Å²) in [6, 6.07) is 0. The number of unbranched alkanes of at least 4 members (excludes halogenated alkanes) is 9. The summed E-state index contributed by atoms with van der Waals surface area (Å²) in [5, 5.41) is 8.48. The van der Waals surface area contributed by atoms with E-state index in [0.29, 0.717) is 12.8 Å². The first-order valence-electron chi connectivity index (χ1n) is 7.51. The molecule has 0 bridgehead atoms. The van der Waals surface area contributed by atoms with Crippen molar-refractivity contribution in [2.24, 2.45) is 0 Å². The smallest absolute Gasteiger partial charge is 0.305 e. The van der Waals surface area contributed by atoms with Crippen LogP contribution in [-0.2, 0) is 14.3 Å². The zero-order valence-electron chi connectivity index (χ0n) is 11.9. The molecule has 0 aromatic rings. The fourth-order valence-electron chi connectivity index (χ4n) is 1.97. The van der Waals surface area contributed by atoms with Gasteiger partial charge in [0.2, 0.25) is 0 Å². The maximum absolute atomic E-state index is 11.1. The van der Waals surface area contributed by atoms with Crippen molar-refractivity contribution in [2.45, 2.75) is 70.6 Å². The summed E-state index contributed by atoms with van der Waals surface area (Å²) in [7, 11) is 0. The SMILES string of the molecule is O=CCCCCCCCCCCCC(=O)OCCO. The van der Waals surface area contributed by atoms with Crippen molar-refractivity contribution in [1.29, 1.82) is 0 Å². The van der Waals surface area contributed by atoms with E-state index in [9.17, 15) is 9.59 Å². The number of aliphatic hydroxyl groups is 1. The average Bonchev–Trinajstić information content (AvgIpc) is 2.42. The Balaban J connectivity index is 3.06. The molecule has 0 aromatic heterocycles. The van der Waals surface area contributed by atoms with Gasteiger partial charge in [0, 0.05) is 12.8 Å². The lowest BCUT2D eigenvalue weighted by molar-refractivity contribution is -0.144. The minimum Gasteiger partial charge on any atom is -0.463 e. The lowest BCUT2D eigenvalue weighted by atomic mass is 10.1. The molecule has 0 amide bonds. The van der Waals surface area contributed by atoms with Crippen molar-refractivity contribution in [3.05, 3.63) is 0 Å². The second-order valence-electron chi connectivity index (χ2n) is 4.83. The highest BCUT2D eigenvalue weighted by atomic mass is 16.5. The molecule has 0 aliphatic carbocycles. The van der Waals surface area contributed by atoms with Gasteiger partial charge in [-0.1, -0.05) is 44.9 Å². The Morgan fingerprint density at radius 3 is 1.95 bits per heavy atom. The molecule has 0 aliphatic rings. The van der Waals surface area contributed by atoms with E-state index in [1.165, 1.54) is 32.1 Å². The van der Waals surface area contributed by atoms with Crippen LogP contribution in [-0.4, -0.2) is 30.6 Å². The number of aldehydes is 1. The normalized spacial score (nSPS) is 10.4. The van der Waals surface area contributed by atoms with Crippen LogP contribution in [0.1, 0.15) is 70.6 Å². The van der Waals surface area contributed by atoms with Crippen LogP contribution in [0.15, 0.2) is 0 Å². The predicted octanol–water partition coefficient (Wildman–Crippen LogP) is 3.01. The molecular weight excluding hydrogens is 244 g/mol. The summed E-state index contributed by atoms with van der Waals surface area (Å²) in [6.45, 7) is 0.0154. The van der Waals surface area contributed by atoms with Crippen LogP contribution in [0.2, 0.25) is 0 Å². The average molecular weight is 272 g/mol. The Morgan fingerprint density at radius 1 is 0.895 bits per heavy atom. The molecule has 0 rings (SSSR count). The molecular formula is C15H28O4. The molecule has 0 aromatic carbocycles. The van der Waals surface area contributed by atoms with Gasteiger partial charge in [-0.05, 0) is 12.8 Å². The largest absolute Gasteiger partial charge is 0.463 e. The summed E-state index contributed by atoms with van der Waals surface area (Å²) >= 11 is 0. The quantitative estimate of drug-likeness (QED) is 0.300. The van der Waals surface area contributed by atoms with Crippen LogP contribution in [0.5, 0.6) is 0 Å². The Hall–Kier alpha value is -0.900. The summed E-state index contributed by atoms with van der Waals surface area (Å²) in [6.07, 6.45) is 12.4. The van der Waals surface area contributed by atoms with Crippen molar-refractivity contribution in [3.8, 4) is 0 Å². The molecule has 1 N–H and O–H groups in total. The van der Waals surface area contributed by atoms with E-state index in [1.54, 1.807) is 0 Å². The molecule has 0 saturated heterocycles. The molecule has 19 heavy (non-hydrogen) atoms. The van der Waals surface area contributed by atoms with Gasteiger partial charge in [-0.3, -0.25) is 4.79 Å². The van der Waals surface area contributed by atoms with Gasteiger partial charge in [0.05, 0.1) is 6.61 Å². The number of aliphatic hydroxyl groups excluding tert-OH is 1. The third-order valence-electron chi connectivity index (χ3n) is 3.06. The van der Waals surface area contributed by atoms with E-state index in [0.717, 1.165) is 32.0 Å². The molecule has 0 atom stereocenters. The van der Waals surface area contributed by atoms with E-state index in [2.05, 4.69) is 0 Å². The second-order valence-corrected chi connectivity index (χ2v) is 4.83. The predicted molar refractivity (Wildman–Crippen MR) is 74.9 cm³/mol. The lowest BCUT2D eigenvalue weighted by Crippen LogP contribution is -2.07. The van der Waals surface area contributed by atoms with Gasteiger partial charge in [0.15, 0.2) is 0 Å². The minimum atomic E-state index is -0.204. The van der Waals surface area contributed by atoms with Crippen molar-refractivity contribution < 1.29 is 19.4 Å². The van der Waals surface area contributed by atoms with Gasteiger partial charge in [-0.15, -0.1) is 0 Å². The maximum atomic E-state index is 11.1. The van der Waals surface area contributed by atoms with E-state index in [1.807, 2.05) is 0 Å². The first kappa shape index (κ1) is 18.1. The highest BCUT2D eigenvalue weighted by Crippen LogP contribution is 2.11. The van der Waals surface area contributed by atoms with Crippen LogP contribution in [0, 0.1) is 0 Å². The van der Waals surface area contributed by atoms with Crippen LogP contribution >= 0.6 is 0 Å². The third-order valence-corrected chi connectivity index (χ3v) is 3.06. The summed E-state index contributed by atoms with van der Waals surface area (Å²) < 4.78 is 4.77. The zero-order chi connectivity index (χ0) is 14.2. The Labute approximate surface area is 116 Å². The lowest BCUT2D eigenvalue weighted by Gasteiger charge is -2.03. The molecule has 0 unspecified atom stereocenters. The van der Waals surface area contributed by atoms with E-state index < -0.39 is 0 Å². The molecule has 0 spiro atoms. The van der Waals surface area contributed by atoms with E-state index in [-0.39, 0.29) is 19.2 Å². The molecule has 0 heterocycles. The van der Waals surface area contributed by atoms with Gasteiger partial charge >= 0.3 is 5.97 Å². The number of rotatable bonds is 14. The van der Waals surface area contributed by atoms with Gasteiger partial charge in [-0.25, -0.2) is 0 Å². The van der Waals surface area contributed by atoms with Gasteiger partial charge in [0.25, 0.3) is 0 Å². The first-order valence-corrected chi connectivity index (χ1v) is 7.51. The zero-order valence-corrected chi connectivity index (χ0v) is 11.9. The molecule has 112 valence electrons. The summed E-state index contributed by atoms with van der Waals surface area (Å²) in [5.74, 6) is -0.204. The number of carbonyl (C=O) groups is 2. The van der Waals surface area contributed by atoms with Crippen molar-refractivity contribution in [3.63, 3.8) is 0 Å². The van der Waals surface area contributed by atoms with E-state index in [4.69, 9.17) is 9.84 Å². The Bertz CT molecular complexity index is 216. The highest BCUT2D eigenvalue weighted by molar-refractivity contribution is 5.69. The summed E-state index contributed by atoms with van der Waals surface area (Å²) in [5.41, 5.74) is 0. The Morgan fingerprint density at radius 2 is 1.42 bits per heavy atom. The van der Waals surface area contributed by atoms with Crippen LogP contribution in [0.4, 0.5) is 0 Å². The monoisotopic (exact) mass is 272 g/mol. The number of hydrogen-bond acceptors (Lipinski definition) is 4. The van der Waals surface area contributed by atoms with Gasteiger partial charge in [-0.2, -0.15) is 0 Å². The molecule has 0 saturated carbocycles.